The monoisotopic (exact) mass is 451 g/mol. The Hall–Kier alpha value is -3.59. The average Bonchev–Trinajstić information content (AvgIpc) is 2.87. The standard InChI is InChI=1S/C31H33NO2/c1-6-12-28(34-20-21(3)7-2)32-31-22(4)19-24-14-9-11-16-26(24)30(31)29-25-15-10-8-13-23(25)17-18-27(29)33-5/h7-11,13-19H,6,12,20H2,1-5H3/b21-7+,32-28?. The normalized spacial score (nSPS) is 12.4. The molecule has 0 aromatic heterocycles. The molecule has 3 heteroatoms. The van der Waals surface area contributed by atoms with E-state index in [1.54, 1.807) is 7.11 Å². The fourth-order valence-corrected chi connectivity index (χ4v) is 4.33. The van der Waals surface area contributed by atoms with Gasteiger partial charge in [0.25, 0.3) is 0 Å². The number of benzene rings is 4. The highest BCUT2D eigenvalue weighted by atomic mass is 16.5. The maximum absolute atomic E-state index is 6.19. The van der Waals surface area contributed by atoms with Crippen LogP contribution in [0.5, 0.6) is 5.75 Å². The van der Waals surface area contributed by atoms with Crippen molar-refractivity contribution in [1.82, 2.24) is 0 Å². The Morgan fingerprint density at radius 1 is 0.912 bits per heavy atom. The first-order valence-corrected chi connectivity index (χ1v) is 12.0. The van der Waals surface area contributed by atoms with Crippen molar-refractivity contribution in [1.29, 1.82) is 0 Å². The van der Waals surface area contributed by atoms with Crippen molar-refractivity contribution < 1.29 is 9.47 Å². The molecular formula is C31H33NO2. The van der Waals surface area contributed by atoms with Crippen LogP contribution in [0.15, 0.2) is 83.4 Å². The number of hydrogen-bond acceptors (Lipinski definition) is 3. The summed E-state index contributed by atoms with van der Waals surface area (Å²) in [6.45, 7) is 8.95. The van der Waals surface area contributed by atoms with Crippen molar-refractivity contribution >= 4 is 33.1 Å². The molecule has 4 aromatic carbocycles. The van der Waals surface area contributed by atoms with Crippen LogP contribution < -0.4 is 4.74 Å². The van der Waals surface area contributed by atoms with Crippen LogP contribution in [0.1, 0.15) is 39.2 Å². The molecule has 0 saturated heterocycles. The molecule has 0 amide bonds. The minimum absolute atomic E-state index is 0.550. The third-order valence-corrected chi connectivity index (χ3v) is 6.23. The Morgan fingerprint density at radius 2 is 1.59 bits per heavy atom. The number of aliphatic imine (C=N–C) groups is 1. The summed E-state index contributed by atoms with van der Waals surface area (Å²) in [5.41, 5.74) is 5.40. The number of aryl methyl sites for hydroxylation is 1. The molecule has 0 fully saturated rings. The third-order valence-electron chi connectivity index (χ3n) is 6.23. The topological polar surface area (TPSA) is 30.8 Å². The van der Waals surface area contributed by atoms with Crippen LogP contribution in [0.2, 0.25) is 0 Å². The predicted molar refractivity (Wildman–Crippen MR) is 146 cm³/mol. The summed E-state index contributed by atoms with van der Waals surface area (Å²) in [7, 11) is 1.74. The molecule has 0 radical (unpaired) electrons. The van der Waals surface area contributed by atoms with Gasteiger partial charge >= 0.3 is 0 Å². The molecule has 0 N–H and O–H groups in total. The molecule has 34 heavy (non-hydrogen) atoms. The van der Waals surface area contributed by atoms with Crippen molar-refractivity contribution in [2.24, 2.45) is 4.99 Å². The first-order chi connectivity index (χ1) is 16.6. The Kier molecular flexibility index (Phi) is 7.32. The highest BCUT2D eigenvalue weighted by Crippen LogP contribution is 2.47. The van der Waals surface area contributed by atoms with E-state index in [-0.39, 0.29) is 0 Å². The first-order valence-electron chi connectivity index (χ1n) is 12.0. The molecule has 0 unspecified atom stereocenters. The number of ether oxygens (including phenoxy) is 2. The SMILES string of the molecule is C/C=C(\C)COC(CCC)=Nc1c(C)cc2ccccc2c1-c1c(OC)ccc2ccccc12. The van der Waals surface area contributed by atoms with Crippen molar-refractivity contribution in [3.8, 4) is 16.9 Å². The van der Waals surface area contributed by atoms with Crippen LogP contribution in [0.25, 0.3) is 32.7 Å². The zero-order valence-electron chi connectivity index (χ0n) is 20.8. The summed E-state index contributed by atoms with van der Waals surface area (Å²) in [6, 6.07) is 23.4. The van der Waals surface area contributed by atoms with Crippen LogP contribution in [-0.4, -0.2) is 19.6 Å². The van der Waals surface area contributed by atoms with Crippen LogP contribution in [0.4, 0.5) is 5.69 Å². The molecule has 0 aliphatic heterocycles. The van der Waals surface area contributed by atoms with Crippen molar-refractivity contribution in [2.75, 3.05) is 13.7 Å². The maximum atomic E-state index is 6.19. The molecule has 0 atom stereocenters. The van der Waals surface area contributed by atoms with E-state index in [0.717, 1.165) is 57.6 Å². The van der Waals surface area contributed by atoms with Crippen molar-refractivity contribution in [3.05, 3.63) is 83.9 Å². The zero-order valence-corrected chi connectivity index (χ0v) is 20.8. The summed E-state index contributed by atoms with van der Waals surface area (Å²) in [5, 5.41) is 4.66. The highest BCUT2D eigenvalue weighted by molar-refractivity contribution is 6.12. The van der Waals surface area contributed by atoms with Gasteiger partial charge in [-0.2, -0.15) is 0 Å². The molecule has 0 bridgehead atoms. The largest absolute Gasteiger partial charge is 0.496 e. The van der Waals surface area contributed by atoms with E-state index in [1.807, 2.05) is 6.92 Å². The van der Waals surface area contributed by atoms with Crippen molar-refractivity contribution in [2.45, 2.75) is 40.5 Å². The van der Waals surface area contributed by atoms with Crippen LogP contribution >= 0.6 is 0 Å². The highest BCUT2D eigenvalue weighted by Gasteiger charge is 2.20. The fraction of sp³-hybridized carbons (Fsp3) is 0.258. The zero-order chi connectivity index (χ0) is 24.1. The second kappa shape index (κ2) is 10.6. The van der Waals surface area contributed by atoms with Gasteiger partial charge in [-0.15, -0.1) is 0 Å². The summed E-state index contributed by atoms with van der Waals surface area (Å²) < 4.78 is 12.1. The van der Waals surface area contributed by atoms with Gasteiger partial charge in [0, 0.05) is 17.5 Å². The van der Waals surface area contributed by atoms with Gasteiger partial charge in [-0.05, 0) is 72.0 Å². The van der Waals surface area contributed by atoms with Gasteiger partial charge in [0.2, 0.25) is 0 Å². The van der Waals surface area contributed by atoms with Gasteiger partial charge in [0.05, 0.1) is 12.8 Å². The lowest BCUT2D eigenvalue weighted by Crippen LogP contribution is -2.07. The van der Waals surface area contributed by atoms with E-state index in [9.17, 15) is 0 Å². The Bertz CT molecular complexity index is 1380. The van der Waals surface area contributed by atoms with E-state index in [1.165, 1.54) is 16.3 Å². The lowest BCUT2D eigenvalue weighted by atomic mass is 9.90. The van der Waals surface area contributed by atoms with E-state index in [4.69, 9.17) is 14.5 Å². The smallest absolute Gasteiger partial charge is 0.188 e. The average molecular weight is 452 g/mol. The lowest BCUT2D eigenvalue weighted by Gasteiger charge is -2.19. The molecule has 3 nitrogen and oxygen atoms in total. The molecule has 4 aromatic rings. The molecule has 4 rings (SSSR count). The van der Waals surface area contributed by atoms with E-state index < -0.39 is 0 Å². The van der Waals surface area contributed by atoms with Gasteiger partial charge < -0.3 is 9.47 Å². The van der Waals surface area contributed by atoms with Gasteiger partial charge in [0.15, 0.2) is 5.90 Å². The van der Waals surface area contributed by atoms with Gasteiger partial charge in [0.1, 0.15) is 12.4 Å². The number of nitrogens with zero attached hydrogens (tertiary/aromatic N) is 1. The van der Waals surface area contributed by atoms with E-state index in [0.29, 0.717) is 6.61 Å². The minimum Gasteiger partial charge on any atom is -0.496 e. The molecule has 174 valence electrons. The predicted octanol–water partition coefficient (Wildman–Crippen LogP) is 8.79. The quantitative estimate of drug-likeness (QED) is 0.160. The summed E-state index contributed by atoms with van der Waals surface area (Å²) in [6.07, 6.45) is 3.83. The maximum Gasteiger partial charge on any atom is 0.188 e. The second-order valence-electron chi connectivity index (χ2n) is 8.68. The van der Waals surface area contributed by atoms with Gasteiger partial charge in [-0.1, -0.05) is 67.6 Å². The molecule has 0 aliphatic carbocycles. The summed E-state index contributed by atoms with van der Waals surface area (Å²) in [4.78, 5) is 5.17. The number of methoxy groups -OCH3 is 1. The van der Waals surface area contributed by atoms with Crippen LogP contribution in [-0.2, 0) is 4.74 Å². The van der Waals surface area contributed by atoms with Gasteiger partial charge in [-0.25, -0.2) is 4.99 Å². The Balaban J connectivity index is 2.07. The number of allylic oxidation sites excluding steroid dienone is 1. The second-order valence-corrected chi connectivity index (χ2v) is 8.68. The number of rotatable bonds is 7. The molecule has 0 spiro atoms. The third kappa shape index (κ3) is 4.70. The number of hydrogen-bond donors (Lipinski definition) is 0. The van der Waals surface area contributed by atoms with Crippen LogP contribution in [0, 0.1) is 6.92 Å². The first kappa shape index (κ1) is 23.6. The fourth-order valence-electron chi connectivity index (χ4n) is 4.33. The summed E-state index contributed by atoms with van der Waals surface area (Å²) in [5.74, 6) is 1.61. The van der Waals surface area contributed by atoms with Crippen LogP contribution in [0.3, 0.4) is 0 Å². The molecule has 0 saturated carbocycles. The summed E-state index contributed by atoms with van der Waals surface area (Å²) >= 11 is 0. The van der Waals surface area contributed by atoms with Crippen molar-refractivity contribution in [3.63, 3.8) is 0 Å². The Labute approximate surface area is 202 Å². The van der Waals surface area contributed by atoms with Gasteiger partial charge in [-0.3, -0.25) is 0 Å². The van der Waals surface area contributed by atoms with E-state index in [2.05, 4.69) is 93.6 Å². The minimum atomic E-state index is 0.550. The van der Waals surface area contributed by atoms with E-state index >= 15 is 0 Å². The molecule has 0 aliphatic rings. The lowest BCUT2D eigenvalue weighted by molar-refractivity contribution is 0.328. The molecule has 0 heterocycles. The molecular weight excluding hydrogens is 418 g/mol. The number of fused-ring (bicyclic) bond motifs is 2. The Morgan fingerprint density at radius 3 is 2.26 bits per heavy atom.